The van der Waals surface area contributed by atoms with Crippen molar-refractivity contribution in [3.63, 3.8) is 0 Å². The van der Waals surface area contributed by atoms with Gasteiger partial charge in [-0.1, -0.05) is 0 Å². The van der Waals surface area contributed by atoms with Gasteiger partial charge in [0.05, 0.1) is 0 Å². The first kappa shape index (κ1) is 8.46. The summed E-state index contributed by atoms with van der Waals surface area (Å²) in [6, 6.07) is 0. The average Bonchev–Trinajstić information content (AvgIpc) is 2.14. The molecule has 0 bridgehead atoms. The lowest BCUT2D eigenvalue weighted by molar-refractivity contribution is -0.134. The fourth-order valence-corrected chi connectivity index (χ4v) is 0.532. The molecular weight excluding hydrogens is 142 g/mol. The molecule has 0 aromatic carbocycles. The standard InChI is InChI=1S/C5H7NO2.ClH/c6-2-4-1-5(7)8-3-4;/h1H,2-3,6H2;1H. The molecule has 3 nitrogen and oxygen atoms in total. The lowest BCUT2D eigenvalue weighted by atomic mass is 10.3. The highest BCUT2D eigenvalue weighted by Crippen LogP contribution is 2.01. The first-order chi connectivity index (χ1) is 3.83. The minimum absolute atomic E-state index is 0. The Kier molecular flexibility index (Phi) is 3.27. The van der Waals surface area contributed by atoms with Crippen LogP contribution in [0.25, 0.3) is 0 Å². The molecule has 0 amide bonds. The number of hydrogen-bond donors (Lipinski definition) is 1. The van der Waals surface area contributed by atoms with Crippen molar-refractivity contribution in [1.29, 1.82) is 0 Å². The smallest absolute Gasteiger partial charge is 0.331 e. The van der Waals surface area contributed by atoms with Crippen LogP contribution in [0.5, 0.6) is 0 Å². The van der Waals surface area contributed by atoms with Gasteiger partial charge in [-0.2, -0.15) is 0 Å². The summed E-state index contributed by atoms with van der Waals surface area (Å²) in [6.45, 7) is 0.807. The number of hydrogen-bond acceptors (Lipinski definition) is 3. The van der Waals surface area contributed by atoms with Crippen LogP contribution in [0, 0.1) is 0 Å². The summed E-state index contributed by atoms with van der Waals surface area (Å²) in [5, 5.41) is 0. The van der Waals surface area contributed by atoms with Gasteiger partial charge in [-0.05, 0) is 5.57 Å². The second-order valence-corrected chi connectivity index (χ2v) is 1.61. The summed E-state index contributed by atoms with van der Waals surface area (Å²) in [4.78, 5) is 10.3. The Morgan fingerprint density at radius 2 is 2.44 bits per heavy atom. The molecule has 52 valence electrons. The summed E-state index contributed by atoms with van der Waals surface area (Å²) in [7, 11) is 0. The number of carbonyl (C=O) groups excluding carboxylic acids is 1. The molecule has 0 atom stereocenters. The van der Waals surface area contributed by atoms with E-state index in [1.165, 1.54) is 6.08 Å². The maximum Gasteiger partial charge on any atom is 0.331 e. The SMILES string of the molecule is Cl.NCC1=CC(=O)OC1. The maximum atomic E-state index is 10.3. The molecule has 0 aromatic heterocycles. The second kappa shape index (κ2) is 3.48. The molecule has 0 saturated heterocycles. The van der Waals surface area contributed by atoms with Crippen LogP contribution in [0.2, 0.25) is 0 Å². The van der Waals surface area contributed by atoms with Crippen molar-refractivity contribution in [2.45, 2.75) is 0 Å². The van der Waals surface area contributed by atoms with Gasteiger partial charge < -0.3 is 10.5 Å². The average molecular weight is 150 g/mol. The van der Waals surface area contributed by atoms with Gasteiger partial charge in [0.25, 0.3) is 0 Å². The predicted molar refractivity (Wildman–Crippen MR) is 35.3 cm³/mol. The van der Waals surface area contributed by atoms with Gasteiger partial charge in [0.2, 0.25) is 0 Å². The minimum Gasteiger partial charge on any atom is -0.458 e. The lowest BCUT2D eigenvalue weighted by Crippen LogP contribution is -2.03. The molecule has 0 saturated carbocycles. The third-order valence-electron chi connectivity index (χ3n) is 0.984. The highest BCUT2D eigenvalue weighted by atomic mass is 35.5. The molecule has 0 fully saturated rings. The van der Waals surface area contributed by atoms with Gasteiger partial charge in [-0.3, -0.25) is 0 Å². The van der Waals surface area contributed by atoms with E-state index in [1.807, 2.05) is 0 Å². The maximum absolute atomic E-state index is 10.3. The number of esters is 1. The highest BCUT2D eigenvalue weighted by Gasteiger charge is 2.09. The quantitative estimate of drug-likeness (QED) is 0.528. The van der Waals surface area contributed by atoms with E-state index >= 15 is 0 Å². The Balaban J connectivity index is 0.000000640. The van der Waals surface area contributed by atoms with E-state index in [0.29, 0.717) is 13.2 Å². The summed E-state index contributed by atoms with van der Waals surface area (Å²) in [5.41, 5.74) is 6.07. The first-order valence-corrected chi connectivity index (χ1v) is 2.39. The Morgan fingerprint density at radius 1 is 1.78 bits per heavy atom. The molecule has 0 spiro atoms. The van der Waals surface area contributed by atoms with Crippen LogP contribution in [0.4, 0.5) is 0 Å². The van der Waals surface area contributed by atoms with Crippen LogP contribution in [0.15, 0.2) is 11.6 Å². The molecule has 0 unspecified atom stereocenters. The predicted octanol–water partition coefficient (Wildman–Crippen LogP) is -0.150. The Morgan fingerprint density at radius 3 is 2.67 bits per heavy atom. The fraction of sp³-hybridized carbons (Fsp3) is 0.400. The topological polar surface area (TPSA) is 52.3 Å². The Labute approximate surface area is 59.3 Å². The van der Waals surface area contributed by atoms with Crippen molar-refractivity contribution < 1.29 is 9.53 Å². The van der Waals surface area contributed by atoms with Crippen LogP contribution in [0.3, 0.4) is 0 Å². The van der Waals surface area contributed by atoms with Crippen molar-refractivity contribution in [3.05, 3.63) is 11.6 Å². The molecule has 9 heavy (non-hydrogen) atoms. The van der Waals surface area contributed by atoms with Crippen molar-refractivity contribution in [2.75, 3.05) is 13.2 Å². The van der Waals surface area contributed by atoms with E-state index in [0.717, 1.165) is 5.57 Å². The zero-order valence-corrected chi connectivity index (χ0v) is 5.61. The van der Waals surface area contributed by atoms with E-state index in [9.17, 15) is 4.79 Å². The van der Waals surface area contributed by atoms with E-state index in [2.05, 4.69) is 4.74 Å². The molecule has 1 aliphatic rings. The van der Waals surface area contributed by atoms with Crippen molar-refractivity contribution >= 4 is 18.4 Å². The molecular formula is C5H8ClNO2. The zero-order valence-electron chi connectivity index (χ0n) is 4.79. The lowest BCUT2D eigenvalue weighted by Gasteiger charge is -1.89. The van der Waals surface area contributed by atoms with Crippen LogP contribution >= 0.6 is 12.4 Å². The van der Waals surface area contributed by atoms with Gasteiger partial charge in [0, 0.05) is 12.6 Å². The number of cyclic esters (lactones) is 1. The van der Waals surface area contributed by atoms with Crippen LogP contribution in [-0.4, -0.2) is 19.1 Å². The Bertz CT molecular complexity index is 144. The van der Waals surface area contributed by atoms with Crippen molar-refractivity contribution in [3.8, 4) is 0 Å². The summed E-state index contributed by atoms with van der Waals surface area (Å²) >= 11 is 0. The molecule has 0 aromatic rings. The number of nitrogens with two attached hydrogens (primary N) is 1. The van der Waals surface area contributed by atoms with Gasteiger partial charge in [0.15, 0.2) is 0 Å². The number of carbonyl (C=O) groups is 1. The van der Waals surface area contributed by atoms with Gasteiger partial charge in [-0.15, -0.1) is 12.4 Å². The number of ether oxygens (including phenoxy) is 1. The molecule has 1 aliphatic heterocycles. The highest BCUT2D eigenvalue weighted by molar-refractivity contribution is 5.85. The minimum atomic E-state index is -0.273. The van der Waals surface area contributed by atoms with E-state index in [1.54, 1.807) is 0 Å². The fourth-order valence-electron chi connectivity index (χ4n) is 0.532. The van der Waals surface area contributed by atoms with Crippen LogP contribution < -0.4 is 5.73 Å². The number of rotatable bonds is 1. The molecule has 0 radical (unpaired) electrons. The normalized spacial score (nSPS) is 16.1. The van der Waals surface area contributed by atoms with Crippen LogP contribution in [-0.2, 0) is 9.53 Å². The Hall–Kier alpha value is -0.540. The molecule has 1 heterocycles. The number of halogens is 1. The van der Waals surface area contributed by atoms with Gasteiger partial charge >= 0.3 is 5.97 Å². The summed E-state index contributed by atoms with van der Waals surface area (Å²) < 4.78 is 4.54. The molecule has 0 aliphatic carbocycles. The summed E-state index contributed by atoms with van der Waals surface area (Å²) in [5.74, 6) is -0.273. The monoisotopic (exact) mass is 149 g/mol. The van der Waals surface area contributed by atoms with E-state index in [4.69, 9.17) is 5.73 Å². The van der Waals surface area contributed by atoms with E-state index in [-0.39, 0.29) is 18.4 Å². The third kappa shape index (κ3) is 2.03. The van der Waals surface area contributed by atoms with E-state index < -0.39 is 0 Å². The van der Waals surface area contributed by atoms with Crippen LogP contribution in [0.1, 0.15) is 0 Å². The van der Waals surface area contributed by atoms with Gasteiger partial charge in [-0.25, -0.2) is 4.79 Å². The first-order valence-electron chi connectivity index (χ1n) is 2.39. The largest absolute Gasteiger partial charge is 0.458 e. The summed E-state index contributed by atoms with van der Waals surface area (Å²) in [6.07, 6.45) is 1.43. The molecule has 2 N–H and O–H groups in total. The second-order valence-electron chi connectivity index (χ2n) is 1.61. The van der Waals surface area contributed by atoms with Crippen molar-refractivity contribution in [1.82, 2.24) is 0 Å². The molecule has 1 rings (SSSR count). The van der Waals surface area contributed by atoms with Crippen molar-refractivity contribution in [2.24, 2.45) is 5.73 Å². The van der Waals surface area contributed by atoms with Gasteiger partial charge in [0.1, 0.15) is 6.61 Å². The third-order valence-corrected chi connectivity index (χ3v) is 0.984. The zero-order chi connectivity index (χ0) is 5.98. The molecule has 4 heteroatoms.